The zero-order valence-electron chi connectivity index (χ0n) is 10.0. The van der Waals surface area contributed by atoms with E-state index in [0.717, 1.165) is 28.5 Å². The second-order valence-corrected chi connectivity index (χ2v) is 5.46. The standard InChI is InChI=1S/C12H14N4OS/c1-8(17)10-4-2-3-5-11(10)18-12-13-14-15-16(12)9-6-7-9/h2-5,8-9,17H,6-7H2,1H3. The highest BCUT2D eigenvalue weighted by atomic mass is 32.2. The van der Waals surface area contributed by atoms with Crippen molar-refractivity contribution in [3.63, 3.8) is 0 Å². The van der Waals surface area contributed by atoms with Crippen LogP contribution >= 0.6 is 11.8 Å². The Bertz CT molecular complexity index is 551. The lowest BCUT2D eigenvalue weighted by Gasteiger charge is -2.10. The summed E-state index contributed by atoms with van der Waals surface area (Å²) in [5, 5.41) is 22.4. The van der Waals surface area contributed by atoms with Gasteiger partial charge >= 0.3 is 0 Å². The maximum Gasteiger partial charge on any atom is 0.214 e. The minimum atomic E-state index is -0.487. The van der Waals surface area contributed by atoms with Crippen LogP contribution < -0.4 is 0 Å². The van der Waals surface area contributed by atoms with Crippen LogP contribution in [0.2, 0.25) is 0 Å². The van der Waals surface area contributed by atoms with Crippen LogP contribution in [0.4, 0.5) is 0 Å². The van der Waals surface area contributed by atoms with Gasteiger partial charge in [0.05, 0.1) is 12.1 Å². The number of nitrogens with zero attached hydrogens (tertiary/aromatic N) is 4. The fourth-order valence-electron chi connectivity index (χ4n) is 1.82. The first-order chi connectivity index (χ1) is 8.75. The molecule has 0 bridgehead atoms. The van der Waals surface area contributed by atoms with Gasteiger partial charge in [-0.3, -0.25) is 0 Å². The summed E-state index contributed by atoms with van der Waals surface area (Å²) in [7, 11) is 0. The summed E-state index contributed by atoms with van der Waals surface area (Å²) in [6.07, 6.45) is 1.81. The number of hydrogen-bond donors (Lipinski definition) is 1. The van der Waals surface area contributed by atoms with Crippen LogP contribution in [0.5, 0.6) is 0 Å². The average Bonchev–Trinajstić information content (AvgIpc) is 3.11. The fraction of sp³-hybridized carbons (Fsp3) is 0.417. The summed E-state index contributed by atoms with van der Waals surface area (Å²) in [6.45, 7) is 1.77. The Labute approximate surface area is 109 Å². The smallest absolute Gasteiger partial charge is 0.214 e. The van der Waals surface area contributed by atoms with Gasteiger partial charge in [-0.25, -0.2) is 4.68 Å². The first kappa shape index (κ1) is 11.7. The van der Waals surface area contributed by atoms with Crippen LogP contribution in [0.3, 0.4) is 0 Å². The van der Waals surface area contributed by atoms with Gasteiger partial charge < -0.3 is 5.11 Å². The molecule has 1 fully saturated rings. The molecule has 1 atom stereocenters. The van der Waals surface area contributed by atoms with Gasteiger partial charge in [-0.1, -0.05) is 18.2 Å². The molecular formula is C12H14N4OS. The summed E-state index contributed by atoms with van der Waals surface area (Å²) in [5.74, 6) is 0. The number of aliphatic hydroxyl groups is 1. The van der Waals surface area contributed by atoms with Crippen molar-refractivity contribution in [2.75, 3.05) is 0 Å². The number of hydrogen-bond acceptors (Lipinski definition) is 5. The molecule has 0 spiro atoms. The van der Waals surface area contributed by atoms with Gasteiger partial charge in [-0.2, -0.15) is 0 Å². The SMILES string of the molecule is CC(O)c1ccccc1Sc1nnnn1C1CC1. The highest BCUT2D eigenvalue weighted by Crippen LogP contribution is 2.39. The molecule has 1 aliphatic rings. The van der Waals surface area contributed by atoms with Gasteiger partial charge in [-0.15, -0.1) is 5.10 Å². The summed E-state index contributed by atoms with van der Waals surface area (Å²) in [6, 6.07) is 8.26. The van der Waals surface area contributed by atoms with Gasteiger partial charge in [0.15, 0.2) is 0 Å². The van der Waals surface area contributed by atoms with Crippen molar-refractivity contribution in [3.05, 3.63) is 29.8 Å². The zero-order chi connectivity index (χ0) is 12.5. The molecule has 0 amide bonds. The predicted molar refractivity (Wildman–Crippen MR) is 67.3 cm³/mol. The molecule has 1 saturated carbocycles. The molecule has 6 heteroatoms. The first-order valence-electron chi connectivity index (χ1n) is 5.98. The van der Waals surface area contributed by atoms with E-state index in [1.54, 1.807) is 6.92 Å². The molecule has 3 rings (SSSR count). The fourth-order valence-corrected chi connectivity index (χ4v) is 2.87. The second-order valence-electron chi connectivity index (χ2n) is 4.45. The van der Waals surface area contributed by atoms with Gasteiger partial charge in [0.25, 0.3) is 0 Å². The van der Waals surface area contributed by atoms with Crippen LogP contribution in [-0.2, 0) is 0 Å². The molecule has 1 aliphatic carbocycles. The van der Waals surface area contributed by atoms with E-state index in [0.29, 0.717) is 6.04 Å². The first-order valence-corrected chi connectivity index (χ1v) is 6.80. The Kier molecular flexibility index (Phi) is 3.05. The number of tetrazole rings is 1. The number of rotatable bonds is 4. The maximum absolute atomic E-state index is 9.75. The monoisotopic (exact) mass is 262 g/mol. The zero-order valence-corrected chi connectivity index (χ0v) is 10.8. The lowest BCUT2D eigenvalue weighted by atomic mass is 10.1. The Balaban J connectivity index is 1.89. The van der Waals surface area contributed by atoms with Crippen molar-refractivity contribution in [2.45, 2.75) is 42.0 Å². The van der Waals surface area contributed by atoms with Crippen molar-refractivity contribution in [1.29, 1.82) is 0 Å². The Morgan fingerprint density at radius 2 is 2.17 bits per heavy atom. The van der Waals surface area contributed by atoms with Crippen molar-refractivity contribution < 1.29 is 5.11 Å². The van der Waals surface area contributed by atoms with E-state index in [9.17, 15) is 5.11 Å². The highest BCUT2D eigenvalue weighted by Gasteiger charge is 2.28. The summed E-state index contributed by atoms with van der Waals surface area (Å²) >= 11 is 1.51. The van der Waals surface area contributed by atoms with E-state index in [1.807, 2.05) is 28.9 Å². The normalized spacial score (nSPS) is 16.8. The van der Waals surface area contributed by atoms with Crippen LogP contribution in [0.25, 0.3) is 0 Å². The molecule has 0 saturated heterocycles. The van der Waals surface area contributed by atoms with E-state index in [2.05, 4.69) is 15.5 Å². The lowest BCUT2D eigenvalue weighted by molar-refractivity contribution is 0.196. The molecule has 5 nitrogen and oxygen atoms in total. The van der Waals surface area contributed by atoms with Gasteiger partial charge in [-0.05, 0) is 53.6 Å². The topological polar surface area (TPSA) is 63.8 Å². The Hall–Kier alpha value is -1.40. The highest BCUT2D eigenvalue weighted by molar-refractivity contribution is 7.99. The molecule has 2 aromatic rings. The van der Waals surface area contributed by atoms with Gasteiger partial charge in [0.2, 0.25) is 5.16 Å². The van der Waals surface area contributed by atoms with Crippen molar-refractivity contribution in [2.24, 2.45) is 0 Å². The molecule has 1 heterocycles. The number of aliphatic hydroxyl groups excluding tert-OH is 1. The molecule has 0 radical (unpaired) electrons. The third kappa shape index (κ3) is 2.26. The molecule has 18 heavy (non-hydrogen) atoms. The largest absolute Gasteiger partial charge is 0.389 e. The molecule has 1 aromatic carbocycles. The summed E-state index contributed by atoms with van der Waals surface area (Å²) in [5.41, 5.74) is 0.910. The molecule has 1 aromatic heterocycles. The van der Waals surface area contributed by atoms with E-state index in [1.165, 1.54) is 11.8 Å². The predicted octanol–water partition coefficient (Wildman–Crippen LogP) is 2.21. The van der Waals surface area contributed by atoms with Crippen LogP contribution in [0.15, 0.2) is 34.3 Å². The quantitative estimate of drug-likeness (QED) is 0.915. The Morgan fingerprint density at radius 3 is 2.89 bits per heavy atom. The van der Waals surface area contributed by atoms with E-state index >= 15 is 0 Å². The molecule has 1 N–H and O–H groups in total. The van der Waals surface area contributed by atoms with Crippen molar-refractivity contribution in [3.8, 4) is 0 Å². The Morgan fingerprint density at radius 1 is 1.39 bits per heavy atom. The third-order valence-corrected chi connectivity index (χ3v) is 3.97. The number of aromatic nitrogens is 4. The number of benzene rings is 1. The average molecular weight is 262 g/mol. The van der Waals surface area contributed by atoms with Gasteiger partial charge in [0.1, 0.15) is 0 Å². The van der Waals surface area contributed by atoms with Crippen LogP contribution in [0.1, 0.15) is 37.5 Å². The van der Waals surface area contributed by atoms with Crippen LogP contribution in [-0.4, -0.2) is 25.3 Å². The second kappa shape index (κ2) is 4.70. The summed E-state index contributed by atoms with van der Waals surface area (Å²) in [4.78, 5) is 1.00. The third-order valence-electron chi connectivity index (χ3n) is 2.93. The van der Waals surface area contributed by atoms with Crippen LogP contribution in [0, 0.1) is 0 Å². The summed E-state index contributed by atoms with van der Waals surface area (Å²) < 4.78 is 1.88. The molecule has 0 aliphatic heterocycles. The molecule has 1 unspecified atom stereocenters. The minimum absolute atomic E-state index is 0.459. The van der Waals surface area contributed by atoms with Crippen molar-refractivity contribution in [1.82, 2.24) is 20.2 Å². The van der Waals surface area contributed by atoms with E-state index in [4.69, 9.17) is 0 Å². The van der Waals surface area contributed by atoms with Gasteiger partial charge in [0, 0.05) is 4.90 Å². The molecule has 94 valence electrons. The van der Waals surface area contributed by atoms with Crippen molar-refractivity contribution >= 4 is 11.8 Å². The lowest BCUT2D eigenvalue weighted by Crippen LogP contribution is -1.99. The minimum Gasteiger partial charge on any atom is -0.389 e. The maximum atomic E-state index is 9.75. The molecular weight excluding hydrogens is 248 g/mol. The van der Waals surface area contributed by atoms with E-state index < -0.39 is 6.10 Å². The van der Waals surface area contributed by atoms with E-state index in [-0.39, 0.29) is 0 Å².